The maximum absolute atomic E-state index is 10.2. The molecule has 2 atom stereocenters. The molecule has 4 nitrogen and oxygen atoms in total. The van der Waals surface area contributed by atoms with Gasteiger partial charge in [0.1, 0.15) is 5.82 Å². The van der Waals surface area contributed by atoms with Crippen LogP contribution in [0.4, 0.5) is 0 Å². The van der Waals surface area contributed by atoms with Crippen molar-refractivity contribution < 1.29 is 5.11 Å². The third-order valence-electron chi connectivity index (χ3n) is 5.89. The Bertz CT molecular complexity index is 975. The Morgan fingerprint density at radius 3 is 1.71 bits per heavy atom. The van der Waals surface area contributed by atoms with Crippen molar-refractivity contribution in [2.24, 2.45) is 0 Å². The quantitative estimate of drug-likeness (QED) is 0.455. The van der Waals surface area contributed by atoms with Crippen LogP contribution in [-0.4, -0.2) is 26.2 Å². The molecule has 0 amide bonds. The van der Waals surface area contributed by atoms with Crippen molar-refractivity contribution in [1.29, 1.82) is 0 Å². The van der Waals surface area contributed by atoms with Crippen LogP contribution in [0.25, 0.3) is 22.8 Å². The first-order chi connectivity index (χ1) is 14.8. The van der Waals surface area contributed by atoms with Gasteiger partial charge in [-0.15, -0.1) is 0 Å². The summed E-state index contributed by atoms with van der Waals surface area (Å²) >= 11 is 0. The second kappa shape index (κ2) is 10.1. The molecule has 0 fully saturated rings. The van der Waals surface area contributed by atoms with E-state index in [0.717, 1.165) is 65.4 Å². The Labute approximate surface area is 186 Å². The Morgan fingerprint density at radius 1 is 0.742 bits per heavy atom. The Hall–Kier alpha value is -2.59. The number of nitrogens with zero attached hydrogens (tertiary/aromatic N) is 3. The molecule has 31 heavy (non-hydrogen) atoms. The molecule has 0 aliphatic rings. The molecule has 1 N–H and O–H groups in total. The Morgan fingerprint density at radius 2 is 1.26 bits per heavy atom. The lowest BCUT2D eigenvalue weighted by molar-refractivity contribution is 0.148. The summed E-state index contributed by atoms with van der Waals surface area (Å²) in [5.74, 6) is 2.38. The first-order valence-electron chi connectivity index (χ1n) is 11.4. The van der Waals surface area contributed by atoms with Crippen LogP contribution in [0.5, 0.6) is 0 Å². The Balaban J connectivity index is 2.05. The minimum absolute atomic E-state index is 0.142. The molecule has 0 bridgehead atoms. The van der Waals surface area contributed by atoms with Crippen LogP contribution in [0.1, 0.15) is 73.5 Å². The van der Waals surface area contributed by atoms with Gasteiger partial charge in [-0.1, -0.05) is 67.8 Å². The van der Waals surface area contributed by atoms with Gasteiger partial charge in [0.15, 0.2) is 11.6 Å². The van der Waals surface area contributed by atoms with Crippen molar-refractivity contribution in [1.82, 2.24) is 15.0 Å². The van der Waals surface area contributed by atoms with E-state index in [2.05, 4.69) is 77.9 Å². The molecule has 1 aromatic heterocycles. The van der Waals surface area contributed by atoms with E-state index in [0.29, 0.717) is 0 Å². The first-order valence-corrected chi connectivity index (χ1v) is 11.4. The van der Waals surface area contributed by atoms with E-state index in [9.17, 15) is 5.11 Å². The van der Waals surface area contributed by atoms with Gasteiger partial charge in [0.2, 0.25) is 0 Å². The van der Waals surface area contributed by atoms with Gasteiger partial charge in [-0.25, -0.2) is 15.0 Å². The summed E-state index contributed by atoms with van der Waals surface area (Å²) in [5.41, 5.74) is 6.85. The van der Waals surface area contributed by atoms with Crippen molar-refractivity contribution in [3.05, 3.63) is 64.5 Å². The highest BCUT2D eigenvalue weighted by molar-refractivity contribution is 5.66. The van der Waals surface area contributed by atoms with E-state index in [1.54, 1.807) is 0 Å². The van der Waals surface area contributed by atoms with Crippen LogP contribution in [0.15, 0.2) is 36.4 Å². The molecule has 0 aliphatic heterocycles. The first kappa shape index (κ1) is 23.1. The highest BCUT2D eigenvalue weighted by atomic mass is 16.3. The van der Waals surface area contributed by atoms with E-state index in [1.807, 2.05) is 0 Å². The molecule has 4 heteroatoms. The average molecular weight is 418 g/mol. The highest BCUT2D eigenvalue weighted by Crippen LogP contribution is 2.29. The molecule has 0 aliphatic carbocycles. The van der Waals surface area contributed by atoms with E-state index in [1.165, 1.54) is 11.1 Å². The largest absolute Gasteiger partial charge is 0.393 e. The average Bonchev–Trinajstić information content (AvgIpc) is 2.72. The molecule has 0 saturated heterocycles. The third-order valence-corrected chi connectivity index (χ3v) is 5.89. The number of aryl methyl sites for hydroxylation is 4. The summed E-state index contributed by atoms with van der Waals surface area (Å²) in [5, 5.41) is 10.2. The van der Waals surface area contributed by atoms with Crippen molar-refractivity contribution >= 4 is 0 Å². The maximum atomic E-state index is 10.2. The van der Waals surface area contributed by atoms with Gasteiger partial charge in [0.25, 0.3) is 0 Å². The predicted molar refractivity (Wildman–Crippen MR) is 128 cm³/mol. The van der Waals surface area contributed by atoms with Crippen LogP contribution in [-0.2, 0) is 0 Å². The SMILES string of the molecule is CCCC(O)CCC(C)c1nc(-c2ccc(C)cc2C)nc(-c2ccc(C)cc2C)n1. The minimum atomic E-state index is -0.257. The molecule has 164 valence electrons. The fourth-order valence-corrected chi connectivity index (χ4v) is 4.03. The van der Waals surface area contributed by atoms with E-state index >= 15 is 0 Å². The van der Waals surface area contributed by atoms with Gasteiger partial charge in [-0.3, -0.25) is 0 Å². The fraction of sp³-hybridized carbons (Fsp3) is 0.444. The second-order valence-corrected chi connectivity index (χ2v) is 8.90. The topological polar surface area (TPSA) is 58.9 Å². The van der Waals surface area contributed by atoms with E-state index in [-0.39, 0.29) is 12.0 Å². The van der Waals surface area contributed by atoms with Crippen molar-refractivity contribution in [3.63, 3.8) is 0 Å². The molecular weight excluding hydrogens is 382 g/mol. The number of benzene rings is 2. The van der Waals surface area contributed by atoms with Gasteiger partial charge >= 0.3 is 0 Å². The summed E-state index contributed by atoms with van der Waals surface area (Å²) in [6.07, 6.45) is 3.19. The lowest BCUT2D eigenvalue weighted by atomic mass is 9.99. The number of hydrogen-bond donors (Lipinski definition) is 1. The molecule has 0 radical (unpaired) electrons. The van der Waals surface area contributed by atoms with Crippen molar-refractivity contribution in [2.45, 2.75) is 79.2 Å². The molecular formula is C27H35N3O. The monoisotopic (exact) mass is 417 g/mol. The molecule has 3 rings (SSSR count). The molecule has 0 saturated carbocycles. The zero-order chi connectivity index (χ0) is 22.5. The van der Waals surface area contributed by atoms with Gasteiger partial charge in [0.05, 0.1) is 6.10 Å². The smallest absolute Gasteiger partial charge is 0.163 e. The lowest BCUT2D eigenvalue weighted by Gasteiger charge is -2.16. The fourth-order valence-electron chi connectivity index (χ4n) is 4.03. The third kappa shape index (κ3) is 5.76. The summed E-state index contributed by atoms with van der Waals surface area (Å²) in [4.78, 5) is 14.7. The van der Waals surface area contributed by atoms with E-state index in [4.69, 9.17) is 15.0 Å². The predicted octanol–water partition coefficient (Wildman–Crippen LogP) is 6.48. The van der Waals surface area contributed by atoms with E-state index < -0.39 is 0 Å². The highest BCUT2D eigenvalue weighted by Gasteiger charge is 2.18. The van der Waals surface area contributed by atoms with Crippen LogP contribution in [0.2, 0.25) is 0 Å². The molecule has 0 spiro atoms. The molecule has 3 aromatic rings. The van der Waals surface area contributed by atoms with Crippen LogP contribution in [0.3, 0.4) is 0 Å². The van der Waals surface area contributed by atoms with Gasteiger partial charge < -0.3 is 5.11 Å². The zero-order valence-electron chi connectivity index (χ0n) is 19.7. The summed E-state index contributed by atoms with van der Waals surface area (Å²) < 4.78 is 0. The summed E-state index contributed by atoms with van der Waals surface area (Å²) in [7, 11) is 0. The lowest BCUT2D eigenvalue weighted by Crippen LogP contribution is -2.11. The van der Waals surface area contributed by atoms with Crippen LogP contribution >= 0.6 is 0 Å². The van der Waals surface area contributed by atoms with Crippen molar-refractivity contribution in [2.75, 3.05) is 0 Å². The number of hydrogen-bond acceptors (Lipinski definition) is 4. The normalized spacial score (nSPS) is 13.3. The van der Waals surface area contributed by atoms with Crippen LogP contribution in [0, 0.1) is 27.7 Å². The zero-order valence-corrected chi connectivity index (χ0v) is 19.7. The number of aliphatic hydroxyl groups is 1. The summed E-state index contributed by atoms with van der Waals surface area (Å²) in [6, 6.07) is 12.7. The maximum Gasteiger partial charge on any atom is 0.163 e. The van der Waals surface area contributed by atoms with Gasteiger partial charge in [-0.05, 0) is 58.1 Å². The number of rotatable bonds is 8. The standard InChI is InChI=1S/C27H35N3O/c1-7-8-22(31)12-11-19(4)25-28-26(23-13-9-17(2)15-20(23)5)30-27(29-25)24-14-10-18(3)16-21(24)6/h9-10,13-16,19,22,31H,7-8,11-12H2,1-6H3. The molecule has 2 unspecified atom stereocenters. The molecule has 2 aromatic carbocycles. The second-order valence-electron chi connectivity index (χ2n) is 8.90. The molecule has 1 heterocycles. The van der Waals surface area contributed by atoms with Crippen molar-refractivity contribution in [3.8, 4) is 22.8 Å². The van der Waals surface area contributed by atoms with Gasteiger partial charge in [0, 0.05) is 17.0 Å². The Kier molecular flexibility index (Phi) is 7.55. The number of aromatic nitrogens is 3. The van der Waals surface area contributed by atoms with Crippen LogP contribution < -0.4 is 0 Å². The summed E-state index contributed by atoms with van der Waals surface area (Å²) in [6.45, 7) is 12.7. The number of aliphatic hydroxyl groups excluding tert-OH is 1. The van der Waals surface area contributed by atoms with Gasteiger partial charge in [-0.2, -0.15) is 0 Å². The minimum Gasteiger partial charge on any atom is -0.393 e.